The zero-order valence-corrected chi connectivity index (χ0v) is 12.6. The lowest BCUT2D eigenvalue weighted by atomic mass is 9.86. The predicted octanol–water partition coefficient (Wildman–Crippen LogP) is 5.20. The summed E-state index contributed by atoms with van der Waals surface area (Å²) in [5.41, 5.74) is 2.44. The number of phenols is 2. The molecule has 0 aliphatic rings. The van der Waals surface area contributed by atoms with E-state index in [0.717, 1.165) is 6.42 Å². The van der Waals surface area contributed by atoms with Crippen molar-refractivity contribution in [3.05, 3.63) is 59.7 Å². The molecule has 0 bridgehead atoms. The van der Waals surface area contributed by atoms with Crippen molar-refractivity contribution in [1.29, 1.82) is 0 Å². The number of rotatable bonds is 7. The van der Waals surface area contributed by atoms with E-state index in [2.05, 4.69) is 6.92 Å². The molecule has 0 aromatic heterocycles. The molecule has 112 valence electrons. The van der Waals surface area contributed by atoms with Crippen LogP contribution in [0.25, 0.3) is 0 Å². The van der Waals surface area contributed by atoms with Gasteiger partial charge in [0, 0.05) is 5.92 Å². The van der Waals surface area contributed by atoms with Crippen LogP contribution in [0, 0.1) is 0 Å². The molecule has 21 heavy (non-hydrogen) atoms. The van der Waals surface area contributed by atoms with Gasteiger partial charge < -0.3 is 10.2 Å². The number of benzene rings is 2. The molecule has 0 atom stereocenters. The Balaban J connectivity index is 2.17. The van der Waals surface area contributed by atoms with Gasteiger partial charge in [0.15, 0.2) is 0 Å². The van der Waals surface area contributed by atoms with Crippen LogP contribution < -0.4 is 0 Å². The second-order valence-electron chi connectivity index (χ2n) is 5.58. The van der Waals surface area contributed by atoms with Crippen LogP contribution in [0.5, 0.6) is 11.5 Å². The van der Waals surface area contributed by atoms with E-state index in [1.165, 1.54) is 36.8 Å². The third-order valence-corrected chi connectivity index (χ3v) is 3.94. The largest absolute Gasteiger partial charge is 0.508 e. The highest BCUT2D eigenvalue weighted by atomic mass is 16.3. The van der Waals surface area contributed by atoms with E-state index < -0.39 is 0 Å². The van der Waals surface area contributed by atoms with Crippen LogP contribution in [-0.4, -0.2) is 10.2 Å². The van der Waals surface area contributed by atoms with Crippen molar-refractivity contribution in [3.8, 4) is 11.5 Å². The summed E-state index contributed by atoms with van der Waals surface area (Å²) < 4.78 is 0. The first-order chi connectivity index (χ1) is 10.2. The van der Waals surface area contributed by atoms with Gasteiger partial charge in [0.25, 0.3) is 0 Å². The third kappa shape index (κ3) is 4.52. The average Bonchev–Trinajstić information content (AvgIpc) is 2.50. The zero-order valence-electron chi connectivity index (χ0n) is 12.6. The third-order valence-electron chi connectivity index (χ3n) is 3.94. The van der Waals surface area contributed by atoms with E-state index in [9.17, 15) is 10.2 Å². The zero-order chi connectivity index (χ0) is 15.1. The molecule has 0 radical (unpaired) electrons. The van der Waals surface area contributed by atoms with Gasteiger partial charge in [-0.1, -0.05) is 56.9 Å². The molecule has 2 rings (SSSR count). The lowest BCUT2D eigenvalue weighted by Crippen LogP contribution is -2.01. The Morgan fingerprint density at radius 2 is 1.19 bits per heavy atom. The minimum atomic E-state index is 0.300. The summed E-state index contributed by atoms with van der Waals surface area (Å²) >= 11 is 0. The molecule has 0 aliphatic heterocycles. The molecule has 0 spiro atoms. The maximum absolute atomic E-state index is 9.46. The van der Waals surface area contributed by atoms with Gasteiger partial charge in [0.1, 0.15) is 11.5 Å². The summed E-state index contributed by atoms with van der Waals surface area (Å²) in [4.78, 5) is 0. The Hall–Kier alpha value is -1.96. The minimum Gasteiger partial charge on any atom is -0.508 e. The van der Waals surface area contributed by atoms with Gasteiger partial charge in [-0.3, -0.25) is 0 Å². The van der Waals surface area contributed by atoms with Crippen LogP contribution in [0.3, 0.4) is 0 Å². The fourth-order valence-electron chi connectivity index (χ4n) is 2.71. The van der Waals surface area contributed by atoms with E-state index in [1.807, 2.05) is 24.3 Å². The number of unbranched alkanes of at least 4 members (excludes halogenated alkanes) is 3. The highest BCUT2D eigenvalue weighted by Crippen LogP contribution is 2.31. The van der Waals surface area contributed by atoms with Crippen molar-refractivity contribution in [1.82, 2.24) is 0 Å². The van der Waals surface area contributed by atoms with Crippen molar-refractivity contribution in [2.75, 3.05) is 0 Å². The molecule has 2 aromatic carbocycles. The fourth-order valence-corrected chi connectivity index (χ4v) is 2.71. The molecule has 0 amide bonds. The minimum absolute atomic E-state index is 0.300. The molecule has 2 heteroatoms. The Kier molecular flexibility index (Phi) is 5.68. The normalized spacial score (nSPS) is 11.0. The Bertz CT molecular complexity index is 483. The topological polar surface area (TPSA) is 40.5 Å². The summed E-state index contributed by atoms with van der Waals surface area (Å²) in [6, 6.07) is 15.0. The van der Waals surface area contributed by atoms with Crippen molar-refractivity contribution in [2.45, 2.75) is 44.9 Å². The smallest absolute Gasteiger partial charge is 0.115 e. The fraction of sp³-hybridized carbons (Fsp3) is 0.368. The summed E-state index contributed by atoms with van der Waals surface area (Å²) in [5, 5.41) is 18.9. The molecule has 0 heterocycles. The van der Waals surface area contributed by atoms with E-state index in [-0.39, 0.29) is 0 Å². The number of phenolic OH excluding ortho intramolecular Hbond substituents is 2. The molecule has 0 fully saturated rings. The summed E-state index contributed by atoms with van der Waals surface area (Å²) in [7, 11) is 0. The van der Waals surface area contributed by atoms with Gasteiger partial charge in [0.05, 0.1) is 0 Å². The van der Waals surface area contributed by atoms with E-state index in [0.29, 0.717) is 17.4 Å². The first-order valence-corrected chi connectivity index (χ1v) is 7.78. The summed E-state index contributed by atoms with van der Waals surface area (Å²) in [6.07, 6.45) is 6.06. The van der Waals surface area contributed by atoms with Crippen LogP contribution in [0.4, 0.5) is 0 Å². The Morgan fingerprint density at radius 3 is 1.62 bits per heavy atom. The maximum atomic E-state index is 9.46. The molecule has 0 aliphatic carbocycles. The van der Waals surface area contributed by atoms with Crippen LogP contribution in [-0.2, 0) is 0 Å². The van der Waals surface area contributed by atoms with E-state index >= 15 is 0 Å². The Labute approximate surface area is 127 Å². The summed E-state index contributed by atoms with van der Waals surface area (Å²) in [6.45, 7) is 2.22. The van der Waals surface area contributed by atoms with E-state index in [1.54, 1.807) is 24.3 Å². The Morgan fingerprint density at radius 1 is 0.714 bits per heavy atom. The SMILES string of the molecule is CCCCCCC(c1ccc(O)cc1)c1ccc(O)cc1. The van der Waals surface area contributed by atoms with E-state index in [4.69, 9.17) is 0 Å². The van der Waals surface area contributed by atoms with Gasteiger partial charge in [0.2, 0.25) is 0 Å². The maximum Gasteiger partial charge on any atom is 0.115 e. The van der Waals surface area contributed by atoms with Crippen LogP contribution in [0.1, 0.15) is 56.1 Å². The molecular formula is C19H24O2. The quantitative estimate of drug-likeness (QED) is 0.686. The first-order valence-electron chi connectivity index (χ1n) is 7.78. The van der Waals surface area contributed by atoms with Gasteiger partial charge in [-0.15, -0.1) is 0 Å². The van der Waals surface area contributed by atoms with Crippen molar-refractivity contribution in [2.24, 2.45) is 0 Å². The van der Waals surface area contributed by atoms with Gasteiger partial charge >= 0.3 is 0 Å². The van der Waals surface area contributed by atoms with Gasteiger partial charge in [-0.05, 0) is 41.8 Å². The highest BCUT2D eigenvalue weighted by molar-refractivity contribution is 5.37. The molecule has 0 saturated carbocycles. The molecule has 2 nitrogen and oxygen atoms in total. The second kappa shape index (κ2) is 7.72. The van der Waals surface area contributed by atoms with Crippen molar-refractivity contribution in [3.63, 3.8) is 0 Å². The van der Waals surface area contributed by atoms with Gasteiger partial charge in [-0.2, -0.15) is 0 Å². The number of hydrogen-bond acceptors (Lipinski definition) is 2. The molecule has 2 aromatic rings. The predicted molar refractivity (Wildman–Crippen MR) is 86.8 cm³/mol. The monoisotopic (exact) mass is 284 g/mol. The lowest BCUT2D eigenvalue weighted by Gasteiger charge is -2.18. The van der Waals surface area contributed by atoms with Crippen molar-refractivity contribution >= 4 is 0 Å². The molecule has 0 unspecified atom stereocenters. The number of hydrogen-bond donors (Lipinski definition) is 2. The molecule has 0 saturated heterocycles. The first kappa shape index (κ1) is 15.4. The standard InChI is InChI=1S/C19H24O2/c1-2-3-4-5-6-19(15-7-11-17(20)12-8-15)16-9-13-18(21)14-10-16/h7-14,19-21H,2-6H2,1H3. The van der Waals surface area contributed by atoms with Crippen molar-refractivity contribution < 1.29 is 10.2 Å². The molecule has 2 N–H and O–H groups in total. The molecular weight excluding hydrogens is 260 g/mol. The second-order valence-corrected chi connectivity index (χ2v) is 5.58. The van der Waals surface area contributed by atoms with Gasteiger partial charge in [-0.25, -0.2) is 0 Å². The highest BCUT2D eigenvalue weighted by Gasteiger charge is 2.14. The average molecular weight is 284 g/mol. The lowest BCUT2D eigenvalue weighted by molar-refractivity contribution is 0.474. The van der Waals surface area contributed by atoms with Crippen LogP contribution in [0.15, 0.2) is 48.5 Å². The number of aromatic hydroxyl groups is 2. The summed E-state index contributed by atoms with van der Waals surface area (Å²) in [5.74, 6) is 0.923. The van der Waals surface area contributed by atoms with Crippen LogP contribution in [0.2, 0.25) is 0 Å². The van der Waals surface area contributed by atoms with Crippen LogP contribution >= 0.6 is 0 Å².